The van der Waals surface area contributed by atoms with Gasteiger partial charge in [0, 0.05) is 30.1 Å². The molecule has 194 valence electrons. The summed E-state index contributed by atoms with van der Waals surface area (Å²) in [6.07, 6.45) is 3.20. The van der Waals surface area contributed by atoms with Crippen molar-refractivity contribution in [1.82, 2.24) is 24.5 Å². The van der Waals surface area contributed by atoms with E-state index in [4.69, 9.17) is 0 Å². The fourth-order valence-corrected chi connectivity index (χ4v) is 7.11. The number of benzene rings is 3. The van der Waals surface area contributed by atoms with E-state index in [0.29, 0.717) is 5.69 Å². The summed E-state index contributed by atoms with van der Waals surface area (Å²) < 4.78 is 41.7. The molecule has 0 aliphatic heterocycles. The lowest BCUT2D eigenvalue weighted by Gasteiger charge is -2.16. The Hall–Kier alpha value is -4.25. The Balaban J connectivity index is 1.36. The SMILES string of the molecule is CN(Cc1ccccc1)S(=O)(=O)c1ccc(-c2ncnc3ccc(-c4cn[nH]c4-c4ccc(F)cc4)cc23)s1. The summed E-state index contributed by atoms with van der Waals surface area (Å²) in [6, 6.07) is 24.9. The van der Waals surface area contributed by atoms with Gasteiger partial charge in [-0.1, -0.05) is 36.4 Å². The minimum absolute atomic E-state index is 0.243. The van der Waals surface area contributed by atoms with Crippen LogP contribution in [-0.4, -0.2) is 39.9 Å². The van der Waals surface area contributed by atoms with Gasteiger partial charge < -0.3 is 0 Å². The predicted molar refractivity (Wildman–Crippen MR) is 151 cm³/mol. The minimum atomic E-state index is -3.69. The van der Waals surface area contributed by atoms with Crippen molar-refractivity contribution in [3.8, 4) is 33.0 Å². The first-order chi connectivity index (χ1) is 18.9. The number of sulfonamides is 1. The zero-order valence-corrected chi connectivity index (χ0v) is 22.4. The molecule has 0 radical (unpaired) electrons. The van der Waals surface area contributed by atoms with Gasteiger partial charge in [-0.2, -0.15) is 9.40 Å². The third-order valence-electron chi connectivity index (χ3n) is 6.45. The van der Waals surface area contributed by atoms with Crippen LogP contribution in [0.5, 0.6) is 0 Å². The second-order valence-electron chi connectivity index (χ2n) is 8.99. The van der Waals surface area contributed by atoms with E-state index in [9.17, 15) is 12.8 Å². The molecular formula is C29H22FN5O2S2. The summed E-state index contributed by atoms with van der Waals surface area (Å²) in [5.74, 6) is -0.309. The van der Waals surface area contributed by atoms with Crippen molar-refractivity contribution in [1.29, 1.82) is 0 Å². The molecule has 3 heterocycles. The largest absolute Gasteiger partial charge is 0.277 e. The smallest absolute Gasteiger partial charge is 0.252 e. The Labute approximate surface area is 228 Å². The summed E-state index contributed by atoms with van der Waals surface area (Å²) in [4.78, 5) is 9.66. The topological polar surface area (TPSA) is 91.8 Å². The molecule has 0 saturated carbocycles. The van der Waals surface area contributed by atoms with Gasteiger partial charge in [-0.25, -0.2) is 22.8 Å². The molecule has 0 atom stereocenters. The Morgan fingerprint density at radius 3 is 2.49 bits per heavy atom. The third kappa shape index (κ3) is 4.85. The summed E-state index contributed by atoms with van der Waals surface area (Å²) in [5, 5.41) is 8.01. The van der Waals surface area contributed by atoms with E-state index in [1.807, 2.05) is 48.5 Å². The number of fused-ring (bicyclic) bond motifs is 1. The van der Waals surface area contributed by atoms with Crippen LogP contribution >= 0.6 is 11.3 Å². The number of nitrogens with one attached hydrogen (secondary N) is 1. The second kappa shape index (κ2) is 10.1. The Morgan fingerprint density at radius 2 is 1.69 bits per heavy atom. The molecule has 3 aromatic carbocycles. The van der Waals surface area contributed by atoms with Crippen molar-refractivity contribution in [2.24, 2.45) is 0 Å². The van der Waals surface area contributed by atoms with Crippen LogP contribution in [0.3, 0.4) is 0 Å². The van der Waals surface area contributed by atoms with Crippen molar-refractivity contribution in [2.45, 2.75) is 10.8 Å². The van der Waals surface area contributed by atoms with Gasteiger partial charge in [-0.3, -0.25) is 5.10 Å². The highest BCUT2D eigenvalue weighted by Crippen LogP contribution is 2.37. The molecule has 0 bridgehead atoms. The first-order valence-electron chi connectivity index (χ1n) is 12.0. The molecule has 39 heavy (non-hydrogen) atoms. The van der Waals surface area contributed by atoms with E-state index in [1.165, 1.54) is 34.1 Å². The number of halogens is 1. The average molecular weight is 556 g/mol. The average Bonchev–Trinajstić information content (AvgIpc) is 3.64. The number of rotatable bonds is 7. The van der Waals surface area contributed by atoms with Gasteiger partial charge in [0.15, 0.2) is 0 Å². The summed E-state index contributed by atoms with van der Waals surface area (Å²) in [5.41, 5.74) is 5.57. The Kier molecular flexibility index (Phi) is 6.51. The molecule has 0 fully saturated rings. The first kappa shape index (κ1) is 25.1. The number of hydrogen-bond acceptors (Lipinski definition) is 6. The molecule has 0 aliphatic rings. The molecular weight excluding hydrogens is 533 g/mol. The second-order valence-corrected chi connectivity index (χ2v) is 12.3. The predicted octanol–water partition coefficient (Wildman–Crippen LogP) is 6.38. The van der Waals surface area contributed by atoms with Crippen molar-refractivity contribution >= 4 is 32.3 Å². The quantitative estimate of drug-likeness (QED) is 0.247. The van der Waals surface area contributed by atoms with Crippen LogP contribution in [0.4, 0.5) is 4.39 Å². The van der Waals surface area contributed by atoms with Crippen LogP contribution in [-0.2, 0) is 16.6 Å². The van der Waals surface area contributed by atoms with E-state index in [2.05, 4.69) is 20.2 Å². The molecule has 6 rings (SSSR count). The molecule has 6 aromatic rings. The van der Waals surface area contributed by atoms with Crippen LogP contribution in [0.15, 0.2) is 102 Å². The van der Waals surface area contributed by atoms with Gasteiger partial charge in [0.05, 0.1) is 28.0 Å². The highest BCUT2D eigenvalue weighted by atomic mass is 32.2. The maximum absolute atomic E-state index is 13.5. The molecule has 1 N–H and O–H groups in total. The van der Waals surface area contributed by atoms with Crippen LogP contribution in [0.1, 0.15) is 5.56 Å². The lowest BCUT2D eigenvalue weighted by Crippen LogP contribution is -2.25. The molecule has 0 amide bonds. The maximum atomic E-state index is 13.5. The molecule has 0 saturated heterocycles. The molecule has 0 aliphatic carbocycles. The number of hydrogen-bond donors (Lipinski definition) is 1. The van der Waals surface area contributed by atoms with E-state index >= 15 is 0 Å². The van der Waals surface area contributed by atoms with E-state index < -0.39 is 10.0 Å². The van der Waals surface area contributed by atoms with Crippen molar-refractivity contribution in [3.05, 3.63) is 109 Å². The van der Waals surface area contributed by atoms with E-state index in [1.54, 1.807) is 37.5 Å². The van der Waals surface area contributed by atoms with Gasteiger partial charge in [-0.05, 0) is 59.7 Å². The number of aromatic amines is 1. The first-order valence-corrected chi connectivity index (χ1v) is 14.3. The third-order valence-corrected chi connectivity index (χ3v) is 9.81. The minimum Gasteiger partial charge on any atom is -0.277 e. The van der Waals surface area contributed by atoms with Gasteiger partial charge in [0.25, 0.3) is 10.0 Å². The standard InChI is InChI=1S/C29H22FN5O2S2/c1-35(17-19-5-3-2-4-6-19)39(36,37)27-14-13-26(38-27)29-23-15-21(9-12-25(23)31-18-32-29)24-16-33-34-28(24)20-7-10-22(30)11-8-20/h2-16,18H,17H2,1H3,(H,33,34). The van der Waals surface area contributed by atoms with Crippen molar-refractivity contribution in [2.75, 3.05) is 7.05 Å². The summed E-state index contributed by atoms with van der Waals surface area (Å²) in [7, 11) is -2.11. The normalized spacial score (nSPS) is 11.9. The van der Waals surface area contributed by atoms with Crippen molar-refractivity contribution < 1.29 is 12.8 Å². The number of thiophene rings is 1. The molecule has 0 spiro atoms. The maximum Gasteiger partial charge on any atom is 0.252 e. The Bertz CT molecular complexity index is 1880. The summed E-state index contributed by atoms with van der Waals surface area (Å²) >= 11 is 1.18. The van der Waals surface area contributed by atoms with Crippen LogP contribution in [0, 0.1) is 5.82 Å². The molecule has 3 aromatic heterocycles. The van der Waals surface area contributed by atoms with Crippen LogP contribution < -0.4 is 0 Å². The molecule has 10 heteroatoms. The lowest BCUT2D eigenvalue weighted by molar-refractivity contribution is 0.468. The number of nitrogens with zero attached hydrogens (tertiary/aromatic N) is 4. The van der Waals surface area contributed by atoms with Gasteiger partial charge in [-0.15, -0.1) is 11.3 Å². The molecule has 7 nitrogen and oxygen atoms in total. The van der Waals surface area contributed by atoms with Gasteiger partial charge >= 0.3 is 0 Å². The van der Waals surface area contributed by atoms with E-state index in [-0.39, 0.29) is 16.6 Å². The fraction of sp³-hybridized carbons (Fsp3) is 0.0690. The van der Waals surface area contributed by atoms with Gasteiger partial charge in [0.2, 0.25) is 0 Å². The van der Waals surface area contributed by atoms with Crippen LogP contribution in [0.25, 0.3) is 43.9 Å². The number of aromatic nitrogens is 4. The van der Waals surface area contributed by atoms with Crippen LogP contribution in [0.2, 0.25) is 0 Å². The highest BCUT2D eigenvalue weighted by molar-refractivity contribution is 7.91. The molecule has 0 unspecified atom stereocenters. The van der Waals surface area contributed by atoms with E-state index in [0.717, 1.165) is 43.7 Å². The lowest BCUT2D eigenvalue weighted by atomic mass is 9.99. The summed E-state index contributed by atoms with van der Waals surface area (Å²) in [6.45, 7) is 0.275. The Morgan fingerprint density at radius 1 is 0.923 bits per heavy atom. The van der Waals surface area contributed by atoms with Crippen molar-refractivity contribution in [3.63, 3.8) is 0 Å². The van der Waals surface area contributed by atoms with Gasteiger partial charge in [0.1, 0.15) is 16.4 Å². The fourth-order valence-electron chi connectivity index (χ4n) is 4.43. The number of H-pyrrole nitrogens is 1. The highest BCUT2D eigenvalue weighted by Gasteiger charge is 2.24. The zero-order valence-electron chi connectivity index (χ0n) is 20.7. The zero-order chi connectivity index (χ0) is 27.0. The monoisotopic (exact) mass is 555 g/mol.